The molecule has 0 aromatic rings. The molecular weight excluding hydrogens is 488 g/mol. The van der Waals surface area contributed by atoms with Crippen LogP contribution in [0.15, 0.2) is 4.99 Å². The number of carbonyl (C=O) groups is 2. The molecule has 1 aliphatic carbocycles. The van der Waals surface area contributed by atoms with Gasteiger partial charge in [-0.1, -0.05) is 32.1 Å². The highest BCUT2D eigenvalue weighted by Gasteiger charge is 2.36. The minimum atomic E-state index is -0.671. The molecule has 3 aliphatic rings. The number of guanidine groups is 1. The minimum absolute atomic E-state index is 0.0190. The van der Waals surface area contributed by atoms with Gasteiger partial charge in [0, 0.05) is 26.6 Å². The molecule has 0 aromatic heterocycles. The van der Waals surface area contributed by atoms with E-state index in [-0.39, 0.29) is 25.0 Å². The standard InChI is InChI=1S/C27H46N6O5/c1-21(36-2)8-17-38-26(35)31-25(33-15-18-37-19-16-33)30-23(20-22-6-4-3-5-7-22)24(34)32-27(9-12-28)10-13-29-14-11-27/h21-23,29H,3-11,13-20H2,1-2H3,(H,32,34)(H,30,31,35). The third-order valence-corrected chi connectivity index (χ3v) is 7.91. The molecule has 3 fully saturated rings. The Morgan fingerprint density at radius 2 is 1.92 bits per heavy atom. The molecule has 2 amide bonds. The molecule has 0 spiro atoms. The molecule has 2 atom stereocenters. The molecule has 3 N–H and O–H groups in total. The Labute approximate surface area is 227 Å². The number of hydrogen-bond donors (Lipinski definition) is 3. The lowest BCUT2D eigenvalue weighted by molar-refractivity contribution is -0.125. The van der Waals surface area contributed by atoms with Gasteiger partial charge in [0.1, 0.15) is 6.04 Å². The van der Waals surface area contributed by atoms with Gasteiger partial charge in [-0.05, 0) is 45.2 Å². The molecule has 2 aliphatic heterocycles. The Morgan fingerprint density at radius 1 is 1.21 bits per heavy atom. The molecule has 214 valence electrons. The fourth-order valence-electron chi connectivity index (χ4n) is 5.38. The molecule has 2 saturated heterocycles. The van der Waals surface area contributed by atoms with Crippen LogP contribution in [0.1, 0.15) is 71.1 Å². The normalized spacial score (nSPS) is 22.1. The first-order valence-corrected chi connectivity index (χ1v) is 14.2. The molecule has 2 unspecified atom stereocenters. The van der Waals surface area contributed by atoms with Gasteiger partial charge in [0.2, 0.25) is 11.9 Å². The van der Waals surface area contributed by atoms with Crippen LogP contribution in [0, 0.1) is 17.2 Å². The topological polar surface area (TPSA) is 137 Å². The first-order valence-electron chi connectivity index (χ1n) is 14.2. The Hall–Kier alpha value is -2.42. The number of nitrogens with zero attached hydrogens (tertiary/aromatic N) is 3. The van der Waals surface area contributed by atoms with E-state index in [4.69, 9.17) is 19.2 Å². The van der Waals surface area contributed by atoms with E-state index in [0.717, 1.165) is 38.8 Å². The summed E-state index contributed by atoms with van der Waals surface area (Å²) in [6, 6.07) is 1.60. The summed E-state index contributed by atoms with van der Waals surface area (Å²) in [5.41, 5.74) is -0.555. The zero-order chi connectivity index (χ0) is 27.2. The van der Waals surface area contributed by atoms with Crippen LogP contribution in [0.2, 0.25) is 0 Å². The number of alkyl carbamates (subject to hydrolysis) is 1. The molecule has 0 bridgehead atoms. The summed E-state index contributed by atoms with van der Waals surface area (Å²) in [5.74, 6) is 0.563. The number of ether oxygens (including phenoxy) is 3. The van der Waals surface area contributed by atoms with Crippen LogP contribution >= 0.6 is 0 Å². The van der Waals surface area contributed by atoms with Crippen LogP contribution in [0.25, 0.3) is 0 Å². The van der Waals surface area contributed by atoms with E-state index in [1.165, 1.54) is 6.42 Å². The van der Waals surface area contributed by atoms with E-state index < -0.39 is 17.7 Å². The van der Waals surface area contributed by atoms with Gasteiger partial charge < -0.3 is 29.7 Å². The van der Waals surface area contributed by atoms with Crippen molar-refractivity contribution in [1.29, 1.82) is 5.26 Å². The van der Waals surface area contributed by atoms with Crippen molar-refractivity contribution in [3.8, 4) is 6.07 Å². The highest BCUT2D eigenvalue weighted by Crippen LogP contribution is 2.29. The Kier molecular flexibility index (Phi) is 12.6. The minimum Gasteiger partial charge on any atom is -0.449 e. The second-order valence-electron chi connectivity index (χ2n) is 10.8. The smallest absolute Gasteiger partial charge is 0.413 e. The van der Waals surface area contributed by atoms with Crippen LogP contribution in [0.3, 0.4) is 0 Å². The highest BCUT2D eigenvalue weighted by atomic mass is 16.6. The van der Waals surface area contributed by atoms with Crippen LogP contribution in [-0.4, -0.2) is 93.7 Å². The van der Waals surface area contributed by atoms with Crippen LogP contribution in [-0.2, 0) is 19.0 Å². The fraction of sp³-hybridized carbons (Fsp3) is 0.852. The van der Waals surface area contributed by atoms with Crippen molar-refractivity contribution in [2.45, 2.75) is 88.8 Å². The van der Waals surface area contributed by atoms with E-state index in [0.29, 0.717) is 63.9 Å². The summed E-state index contributed by atoms with van der Waals surface area (Å²) in [7, 11) is 1.62. The van der Waals surface area contributed by atoms with Crippen molar-refractivity contribution >= 4 is 18.0 Å². The van der Waals surface area contributed by atoms with Crippen molar-refractivity contribution < 1.29 is 23.8 Å². The quantitative estimate of drug-likeness (QED) is 0.287. The number of hydrogen-bond acceptors (Lipinski definition) is 8. The zero-order valence-corrected chi connectivity index (χ0v) is 23.1. The van der Waals surface area contributed by atoms with Gasteiger partial charge in [0.15, 0.2) is 0 Å². The average Bonchev–Trinajstić information content (AvgIpc) is 2.93. The number of piperidine rings is 1. The predicted octanol–water partition coefficient (Wildman–Crippen LogP) is 2.32. The number of amides is 2. The number of methoxy groups -OCH3 is 1. The van der Waals surface area contributed by atoms with Gasteiger partial charge in [0.25, 0.3) is 0 Å². The van der Waals surface area contributed by atoms with Crippen molar-refractivity contribution in [1.82, 2.24) is 20.9 Å². The first-order chi connectivity index (χ1) is 18.4. The summed E-state index contributed by atoms with van der Waals surface area (Å²) < 4.78 is 16.1. The molecule has 3 rings (SSSR count). The number of rotatable bonds is 10. The number of aliphatic imine (C=N–C) groups is 1. The maximum atomic E-state index is 13.8. The lowest BCUT2D eigenvalue weighted by atomic mass is 9.83. The first kappa shape index (κ1) is 30.1. The summed E-state index contributed by atoms with van der Waals surface area (Å²) in [6.07, 6.45) is 7.94. The molecule has 0 radical (unpaired) electrons. The molecule has 38 heavy (non-hydrogen) atoms. The van der Waals surface area contributed by atoms with Gasteiger partial charge >= 0.3 is 6.09 Å². The van der Waals surface area contributed by atoms with Gasteiger partial charge in [0.05, 0.1) is 44.0 Å². The van der Waals surface area contributed by atoms with Crippen LogP contribution in [0.4, 0.5) is 4.79 Å². The van der Waals surface area contributed by atoms with E-state index in [1.54, 1.807) is 7.11 Å². The van der Waals surface area contributed by atoms with Crippen molar-refractivity contribution in [2.75, 3.05) is 53.1 Å². The SMILES string of the molecule is COC(C)CCOC(=O)NC(=NC(CC1CCCCC1)C(=O)NC1(CC#N)CCNCC1)N1CCOCC1. The molecular formula is C27H46N6O5. The van der Waals surface area contributed by atoms with E-state index in [9.17, 15) is 14.9 Å². The lowest BCUT2D eigenvalue weighted by Gasteiger charge is -2.38. The lowest BCUT2D eigenvalue weighted by Crippen LogP contribution is -2.57. The average molecular weight is 535 g/mol. The number of nitrogens with one attached hydrogen (secondary N) is 3. The summed E-state index contributed by atoms with van der Waals surface area (Å²) in [4.78, 5) is 33.3. The highest BCUT2D eigenvalue weighted by molar-refractivity contribution is 5.96. The van der Waals surface area contributed by atoms with Crippen LogP contribution in [0.5, 0.6) is 0 Å². The third kappa shape index (κ3) is 9.71. The maximum Gasteiger partial charge on any atom is 0.413 e. The largest absolute Gasteiger partial charge is 0.449 e. The second-order valence-corrected chi connectivity index (χ2v) is 10.8. The molecule has 2 heterocycles. The van der Waals surface area contributed by atoms with E-state index in [1.807, 2.05) is 11.8 Å². The monoisotopic (exact) mass is 534 g/mol. The Bertz CT molecular complexity index is 813. The van der Waals surface area contributed by atoms with E-state index in [2.05, 4.69) is 22.0 Å². The fourth-order valence-corrected chi connectivity index (χ4v) is 5.38. The predicted molar refractivity (Wildman–Crippen MR) is 144 cm³/mol. The molecule has 0 aromatic carbocycles. The number of morpholine rings is 1. The number of nitriles is 1. The molecule has 11 nitrogen and oxygen atoms in total. The van der Waals surface area contributed by atoms with E-state index >= 15 is 0 Å². The van der Waals surface area contributed by atoms with Gasteiger partial charge in [-0.2, -0.15) is 5.26 Å². The Morgan fingerprint density at radius 3 is 2.58 bits per heavy atom. The van der Waals surface area contributed by atoms with Gasteiger partial charge in [-0.3, -0.25) is 10.1 Å². The molecule has 11 heteroatoms. The maximum absolute atomic E-state index is 13.8. The summed E-state index contributed by atoms with van der Waals surface area (Å²) >= 11 is 0. The van der Waals surface area contributed by atoms with Crippen LogP contribution < -0.4 is 16.0 Å². The molecule has 1 saturated carbocycles. The van der Waals surface area contributed by atoms with Crippen molar-refractivity contribution in [3.63, 3.8) is 0 Å². The summed E-state index contributed by atoms with van der Waals surface area (Å²) in [6.45, 7) is 5.78. The summed E-state index contributed by atoms with van der Waals surface area (Å²) in [5, 5.41) is 18.9. The third-order valence-electron chi connectivity index (χ3n) is 7.91. The number of carbonyl (C=O) groups excluding carboxylic acids is 2. The Balaban J connectivity index is 1.80. The van der Waals surface area contributed by atoms with Gasteiger partial charge in [-0.25, -0.2) is 9.79 Å². The van der Waals surface area contributed by atoms with Crippen molar-refractivity contribution in [3.05, 3.63) is 0 Å². The zero-order valence-electron chi connectivity index (χ0n) is 23.1. The van der Waals surface area contributed by atoms with Crippen molar-refractivity contribution in [2.24, 2.45) is 10.9 Å². The second kappa shape index (κ2) is 15.9. The van der Waals surface area contributed by atoms with Gasteiger partial charge in [-0.15, -0.1) is 0 Å².